The van der Waals surface area contributed by atoms with Gasteiger partial charge in [0, 0.05) is 17.9 Å². The van der Waals surface area contributed by atoms with Gasteiger partial charge >= 0.3 is 5.97 Å². The Bertz CT molecular complexity index is 1040. The summed E-state index contributed by atoms with van der Waals surface area (Å²) in [5.74, 6) is 0.887. The molecule has 1 aliphatic carbocycles. The minimum absolute atomic E-state index is 0.0378. The molecule has 4 nitrogen and oxygen atoms in total. The zero-order valence-electron chi connectivity index (χ0n) is 24.3. The first-order valence-corrected chi connectivity index (χ1v) is 14.2. The lowest BCUT2D eigenvalue weighted by molar-refractivity contribution is -0.124. The summed E-state index contributed by atoms with van der Waals surface area (Å²) in [5.41, 5.74) is 3.45. The molecule has 4 heteroatoms. The van der Waals surface area contributed by atoms with Gasteiger partial charge in [-0.3, -0.25) is 4.79 Å². The van der Waals surface area contributed by atoms with Crippen molar-refractivity contribution in [1.82, 2.24) is 0 Å². The zero-order valence-corrected chi connectivity index (χ0v) is 24.3. The third-order valence-electron chi connectivity index (χ3n) is 7.74. The Hall–Kier alpha value is -2.62. The van der Waals surface area contributed by atoms with Crippen molar-refractivity contribution in [3.8, 4) is 16.9 Å². The number of carboxylic acid groups (broad SMARTS) is 1. The SMILES string of the molecule is CC.CCC(C)(C)C[C@H](C)C(=O)C[C@@H]1CC[C@@H](Oc2ccc(C(=O)O)cc2-c2ccccc2C(C)C)C1. The van der Waals surface area contributed by atoms with E-state index in [1.165, 1.54) is 5.56 Å². The van der Waals surface area contributed by atoms with Crippen LogP contribution in [0.25, 0.3) is 11.1 Å². The first-order chi connectivity index (χ1) is 17.5. The second-order valence-electron chi connectivity index (χ2n) is 11.5. The van der Waals surface area contributed by atoms with E-state index in [0.29, 0.717) is 24.0 Å². The summed E-state index contributed by atoms with van der Waals surface area (Å²) in [4.78, 5) is 24.6. The van der Waals surface area contributed by atoms with Crippen molar-refractivity contribution in [3.05, 3.63) is 53.6 Å². The molecule has 1 saturated carbocycles. The minimum Gasteiger partial charge on any atom is -0.490 e. The van der Waals surface area contributed by atoms with Crippen molar-refractivity contribution in [1.29, 1.82) is 0 Å². The van der Waals surface area contributed by atoms with Crippen LogP contribution in [-0.4, -0.2) is 23.0 Å². The fourth-order valence-electron chi connectivity index (χ4n) is 5.30. The van der Waals surface area contributed by atoms with Gasteiger partial charge in [-0.25, -0.2) is 4.79 Å². The van der Waals surface area contributed by atoms with E-state index in [0.717, 1.165) is 49.0 Å². The van der Waals surface area contributed by atoms with Crippen LogP contribution in [0.2, 0.25) is 0 Å². The standard InChI is InChI=1S/C31H42O4.C2H6/c1-7-31(5,6)19-21(4)28(32)17-22-12-14-24(16-22)35-29-15-13-23(30(33)34)18-27(29)26-11-9-8-10-25(26)20(2)3;1-2/h8-11,13,15,18,20-22,24H,7,12,14,16-17,19H2,1-6H3,(H,33,34);1-2H3/t21-,22+,24+;/m0./s1. The molecule has 0 heterocycles. The number of Topliss-reactive ketones (excluding diaryl/α,β-unsaturated/α-hetero) is 1. The second kappa shape index (κ2) is 13.8. The number of benzene rings is 2. The summed E-state index contributed by atoms with van der Waals surface area (Å²) in [5, 5.41) is 9.59. The lowest BCUT2D eigenvalue weighted by Crippen LogP contribution is -2.22. The molecule has 0 unspecified atom stereocenters. The van der Waals surface area contributed by atoms with Gasteiger partial charge in [-0.05, 0) is 72.3 Å². The Labute approximate surface area is 224 Å². The predicted octanol–water partition coefficient (Wildman–Crippen LogP) is 9.17. The normalized spacial score (nSPS) is 18.2. The van der Waals surface area contributed by atoms with E-state index >= 15 is 0 Å². The van der Waals surface area contributed by atoms with Crippen LogP contribution in [0.1, 0.15) is 116 Å². The van der Waals surface area contributed by atoms with Crippen molar-refractivity contribution in [2.45, 2.75) is 106 Å². The number of rotatable bonds is 11. The number of ether oxygens (including phenoxy) is 1. The molecule has 1 fully saturated rings. The molecule has 0 aliphatic heterocycles. The molecule has 1 N–H and O–H groups in total. The average Bonchev–Trinajstić information content (AvgIpc) is 3.31. The van der Waals surface area contributed by atoms with Crippen LogP contribution in [0.4, 0.5) is 0 Å². The van der Waals surface area contributed by atoms with Gasteiger partial charge in [0.15, 0.2) is 0 Å². The van der Waals surface area contributed by atoms with Gasteiger partial charge in [0.1, 0.15) is 11.5 Å². The van der Waals surface area contributed by atoms with E-state index in [2.05, 4.69) is 47.6 Å². The summed E-state index contributed by atoms with van der Waals surface area (Å²) in [6.07, 6.45) is 5.44. The molecule has 0 amide bonds. The first-order valence-electron chi connectivity index (χ1n) is 14.2. The highest BCUT2D eigenvalue weighted by Crippen LogP contribution is 2.40. The highest BCUT2D eigenvalue weighted by Gasteiger charge is 2.31. The molecule has 2 aromatic rings. The largest absolute Gasteiger partial charge is 0.490 e. The van der Waals surface area contributed by atoms with E-state index in [9.17, 15) is 14.7 Å². The molecular weight excluding hydrogens is 460 g/mol. The number of carboxylic acids is 1. The third kappa shape index (κ3) is 8.45. The van der Waals surface area contributed by atoms with Crippen LogP contribution in [0.15, 0.2) is 42.5 Å². The Morgan fingerprint density at radius 1 is 1.03 bits per heavy atom. The van der Waals surface area contributed by atoms with Crippen LogP contribution >= 0.6 is 0 Å². The highest BCUT2D eigenvalue weighted by molar-refractivity contribution is 5.91. The Morgan fingerprint density at radius 2 is 1.70 bits per heavy atom. The van der Waals surface area contributed by atoms with Crippen LogP contribution < -0.4 is 4.74 Å². The summed E-state index contributed by atoms with van der Waals surface area (Å²) in [6.45, 7) is 17.0. The van der Waals surface area contributed by atoms with Crippen LogP contribution in [-0.2, 0) is 4.79 Å². The fourth-order valence-corrected chi connectivity index (χ4v) is 5.30. The Balaban J connectivity index is 0.00000235. The van der Waals surface area contributed by atoms with Crippen LogP contribution in [0.5, 0.6) is 5.75 Å². The molecular formula is C33H48O4. The monoisotopic (exact) mass is 508 g/mol. The van der Waals surface area contributed by atoms with E-state index in [-0.39, 0.29) is 23.0 Å². The molecule has 1 aliphatic rings. The highest BCUT2D eigenvalue weighted by atomic mass is 16.5. The molecule has 0 spiro atoms. The van der Waals surface area contributed by atoms with E-state index in [4.69, 9.17) is 4.74 Å². The molecule has 3 rings (SSSR count). The maximum Gasteiger partial charge on any atom is 0.335 e. The van der Waals surface area contributed by atoms with Gasteiger partial charge in [0.25, 0.3) is 0 Å². The predicted molar refractivity (Wildman–Crippen MR) is 154 cm³/mol. The topological polar surface area (TPSA) is 63.6 Å². The minimum atomic E-state index is -0.945. The molecule has 204 valence electrons. The number of carbonyl (C=O) groups is 2. The molecule has 3 atom stereocenters. The lowest BCUT2D eigenvalue weighted by atomic mass is 9.78. The number of aromatic carboxylic acids is 1. The lowest BCUT2D eigenvalue weighted by Gasteiger charge is -2.26. The van der Waals surface area contributed by atoms with Crippen molar-refractivity contribution < 1.29 is 19.4 Å². The van der Waals surface area contributed by atoms with Gasteiger partial charge in [-0.2, -0.15) is 0 Å². The second-order valence-corrected chi connectivity index (χ2v) is 11.5. The molecule has 0 bridgehead atoms. The Morgan fingerprint density at radius 3 is 2.32 bits per heavy atom. The number of carbonyl (C=O) groups excluding carboxylic acids is 1. The van der Waals surface area contributed by atoms with Crippen LogP contribution in [0, 0.1) is 17.3 Å². The van der Waals surface area contributed by atoms with Gasteiger partial charge in [-0.1, -0.05) is 86.1 Å². The molecule has 2 aromatic carbocycles. The van der Waals surface area contributed by atoms with Crippen molar-refractivity contribution in [2.24, 2.45) is 17.3 Å². The molecule has 37 heavy (non-hydrogen) atoms. The number of ketones is 1. The molecule has 0 aromatic heterocycles. The summed E-state index contributed by atoms with van der Waals surface area (Å²) < 4.78 is 6.50. The summed E-state index contributed by atoms with van der Waals surface area (Å²) in [7, 11) is 0. The molecule has 0 radical (unpaired) electrons. The van der Waals surface area contributed by atoms with Crippen LogP contribution in [0.3, 0.4) is 0 Å². The summed E-state index contributed by atoms with van der Waals surface area (Å²) in [6, 6.07) is 13.3. The maximum absolute atomic E-state index is 12.9. The van der Waals surface area contributed by atoms with Gasteiger partial charge in [-0.15, -0.1) is 0 Å². The summed E-state index contributed by atoms with van der Waals surface area (Å²) >= 11 is 0. The fraction of sp³-hybridized carbons (Fsp3) is 0.576. The molecule has 0 saturated heterocycles. The van der Waals surface area contributed by atoms with Gasteiger partial charge < -0.3 is 9.84 Å². The van der Waals surface area contributed by atoms with Crippen molar-refractivity contribution in [2.75, 3.05) is 0 Å². The zero-order chi connectivity index (χ0) is 27.8. The van der Waals surface area contributed by atoms with E-state index in [1.54, 1.807) is 18.2 Å². The van der Waals surface area contributed by atoms with Gasteiger partial charge in [0.2, 0.25) is 0 Å². The quantitative estimate of drug-likeness (QED) is 0.328. The number of hydrogen-bond donors (Lipinski definition) is 1. The van der Waals surface area contributed by atoms with Crippen molar-refractivity contribution >= 4 is 11.8 Å². The maximum atomic E-state index is 12.9. The van der Waals surface area contributed by atoms with E-state index in [1.807, 2.05) is 32.0 Å². The smallest absolute Gasteiger partial charge is 0.335 e. The number of hydrogen-bond acceptors (Lipinski definition) is 3. The first kappa shape index (κ1) is 30.6. The third-order valence-corrected chi connectivity index (χ3v) is 7.74. The average molecular weight is 509 g/mol. The van der Waals surface area contributed by atoms with Gasteiger partial charge in [0.05, 0.1) is 11.7 Å². The van der Waals surface area contributed by atoms with E-state index < -0.39 is 5.97 Å². The Kier molecular flexibility index (Phi) is 11.4. The van der Waals surface area contributed by atoms with Crippen molar-refractivity contribution in [3.63, 3.8) is 0 Å².